The summed E-state index contributed by atoms with van der Waals surface area (Å²) in [4.78, 5) is 26.8. The average Bonchev–Trinajstić information content (AvgIpc) is 2.62. The molecule has 0 amide bonds. The standard InChI is InChI=1S/C17H16N4O3/c1-12(18-2)16(17(22)13-6-4-3-5-7-13)20-19-14-8-10-15(11-9-14)21(23)24/h3-11,19H,1-2H3/b18-12?,20-16-. The zero-order valence-corrected chi connectivity index (χ0v) is 13.3. The van der Waals surface area contributed by atoms with E-state index in [1.54, 1.807) is 38.2 Å². The number of anilines is 1. The van der Waals surface area contributed by atoms with Crippen molar-refractivity contribution in [2.45, 2.75) is 6.92 Å². The number of non-ortho nitro benzene ring substituents is 1. The predicted octanol–water partition coefficient (Wildman–Crippen LogP) is 3.34. The van der Waals surface area contributed by atoms with Gasteiger partial charge in [-0.25, -0.2) is 0 Å². The largest absolute Gasteiger partial charge is 0.291 e. The molecule has 0 saturated carbocycles. The maximum absolute atomic E-state index is 12.6. The van der Waals surface area contributed by atoms with Gasteiger partial charge in [-0.3, -0.25) is 25.3 Å². The molecule has 0 radical (unpaired) electrons. The number of hydrogen-bond acceptors (Lipinski definition) is 6. The Morgan fingerprint density at radius 2 is 1.71 bits per heavy atom. The van der Waals surface area contributed by atoms with Crippen molar-refractivity contribution in [2.24, 2.45) is 10.1 Å². The molecule has 2 aromatic rings. The van der Waals surface area contributed by atoms with E-state index < -0.39 is 4.92 Å². The van der Waals surface area contributed by atoms with Crippen LogP contribution in [-0.4, -0.2) is 29.2 Å². The minimum atomic E-state index is -0.481. The topological polar surface area (TPSA) is 97.0 Å². The molecule has 1 N–H and O–H groups in total. The van der Waals surface area contributed by atoms with Crippen molar-refractivity contribution in [1.82, 2.24) is 0 Å². The highest BCUT2D eigenvalue weighted by molar-refractivity contribution is 6.70. The van der Waals surface area contributed by atoms with E-state index >= 15 is 0 Å². The van der Waals surface area contributed by atoms with Crippen LogP contribution in [0.3, 0.4) is 0 Å². The van der Waals surface area contributed by atoms with E-state index in [0.29, 0.717) is 17.0 Å². The molecule has 0 aliphatic carbocycles. The van der Waals surface area contributed by atoms with E-state index in [2.05, 4.69) is 15.5 Å². The molecule has 0 heterocycles. The highest BCUT2D eigenvalue weighted by atomic mass is 16.6. The Hall–Kier alpha value is -3.35. The third kappa shape index (κ3) is 4.10. The zero-order valence-electron chi connectivity index (χ0n) is 13.3. The molecule has 0 atom stereocenters. The summed E-state index contributed by atoms with van der Waals surface area (Å²) >= 11 is 0. The quantitative estimate of drug-likeness (QED) is 0.381. The van der Waals surface area contributed by atoms with Gasteiger partial charge in [-0.2, -0.15) is 5.10 Å². The van der Waals surface area contributed by atoms with E-state index in [4.69, 9.17) is 0 Å². The first-order chi connectivity index (χ1) is 11.5. The van der Waals surface area contributed by atoms with Gasteiger partial charge in [0.25, 0.3) is 5.69 Å². The molecule has 0 aliphatic heterocycles. The summed E-state index contributed by atoms with van der Waals surface area (Å²) in [7, 11) is 1.58. The van der Waals surface area contributed by atoms with Crippen LogP contribution in [-0.2, 0) is 0 Å². The van der Waals surface area contributed by atoms with Gasteiger partial charge in [-0.05, 0) is 19.1 Å². The summed E-state index contributed by atoms with van der Waals surface area (Å²) in [6, 6.07) is 14.5. The van der Waals surface area contributed by atoms with Crippen LogP contribution >= 0.6 is 0 Å². The third-order valence-electron chi connectivity index (χ3n) is 3.30. The summed E-state index contributed by atoms with van der Waals surface area (Å²) < 4.78 is 0. The molecule has 2 rings (SSSR count). The normalized spacial score (nSPS) is 11.9. The lowest BCUT2D eigenvalue weighted by atomic mass is 10.0. The lowest BCUT2D eigenvalue weighted by Crippen LogP contribution is -2.23. The first-order valence-corrected chi connectivity index (χ1v) is 7.14. The molecule has 122 valence electrons. The molecular weight excluding hydrogens is 308 g/mol. The Morgan fingerprint density at radius 3 is 2.25 bits per heavy atom. The van der Waals surface area contributed by atoms with Crippen LogP contribution in [0.5, 0.6) is 0 Å². The SMILES string of the molecule is CN=C(C)/C(=N/Nc1ccc([N+](=O)[O-])cc1)C(=O)c1ccccc1. The fraction of sp³-hybridized carbons (Fsp3) is 0.118. The highest BCUT2D eigenvalue weighted by Gasteiger charge is 2.16. The Kier molecular flexibility index (Phi) is 5.51. The summed E-state index contributed by atoms with van der Waals surface area (Å²) in [5, 5.41) is 14.8. The number of hydrogen-bond donors (Lipinski definition) is 1. The van der Waals surface area contributed by atoms with Crippen molar-refractivity contribution < 1.29 is 9.72 Å². The number of nitrogens with one attached hydrogen (secondary N) is 1. The minimum absolute atomic E-state index is 0.0172. The van der Waals surface area contributed by atoms with Crippen molar-refractivity contribution in [3.8, 4) is 0 Å². The minimum Gasteiger partial charge on any atom is -0.291 e. The third-order valence-corrected chi connectivity index (χ3v) is 3.30. The van der Waals surface area contributed by atoms with Gasteiger partial charge < -0.3 is 0 Å². The zero-order chi connectivity index (χ0) is 17.5. The van der Waals surface area contributed by atoms with Crippen LogP contribution in [0.2, 0.25) is 0 Å². The predicted molar refractivity (Wildman–Crippen MR) is 94.0 cm³/mol. The molecule has 0 fully saturated rings. The summed E-state index contributed by atoms with van der Waals surface area (Å²) in [6.07, 6.45) is 0. The molecule has 24 heavy (non-hydrogen) atoms. The molecule has 7 heteroatoms. The Balaban J connectivity index is 2.26. The molecular formula is C17H16N4O3. The number of hydrazone groups is 1. The maximum atomic E-state index is 12.6. The fourth-order valence-corrected chi connectivity index (χ4v) is 1.91. The van der Waals surface area contributed by atoms with Gasteiger partial charge in [0.1, 0.15) is 0 Å². The van der Waals surface area contributed by atoms with E-state index in [0.717, 1.165) is 0 Å². The van der Waals surface area contributed by atoms with Crippen LogP contribution in [0.25, 0.3) is 0 Å². The Morgan fingerprint density at radius 1 is 1.08 bits per heavy atom. The first kappa shape index (κ1) is 17.0. The van der Waals surface area contributed by atoms with Gasteiger partial charge in [0.15, 0.2) is 5.71 Å². The smallest absolute Gasteiger partial charge is 0.269 e. The van der Waals surface area contributed by atoms with Gasteiger partial charge in [0.2, 0.25) is 5.78 Å². The highest BCUT2D eigenvalue weighted by Crippen LogP contribution is 2.15. The number of nitro groups is 1. The molecule has 7 nitrogen and oxygen atoms in total. The number of aliphatic imine (C=N–C) groups is 1. The van der Waals surface area contributed by atoms with Crippen molar-refractivity contribution in [3.63, 3.8) is 0 Å². The van der Waals surface area contributed by atoms with Gasteiger partial charge in [-0.15, -0.1) is 0 Å². The summed E-state index contributed by atoms with van der Waals surface area (Å²) in [5.41, 5.74) is 4.43. The van der Waals surface area contributed by atoms with Crippen LogP contribution in [0.4, 0.5) is 11.4 Å². The van der Waals surface area contributed by atoms with Crippen molar-refractivity contribution >= 4 is 28.6 Å². The number of carbonyl (C=O) groups excluding carboxylic acids is 1. The lowest BCUT2D eigenvalue weighted by Gasteiger charge is -2.07. The van der Waals surface area contributed by atoms with E-state index in [1.807, 2.05) is 6.07 Å². The van der Waals surface area contributed by atoms with Crippen LogP contribution in [0, 0.1) is 10.1 Å². The number of nitrogens with zero attached hydrogens (tertiary/aromatic N) is 3. The average molecular weight is 324 g/mol. The fourth-order valence-electron chi connectivity index (χ4n) is 1.91. The number of carbonyl (C=O) groups is 1. The van der Waals surface area contributed by atoms with Crippen molar-refractivity contribution in [3.05, 3.63) is 70.3 Å². The second-order valence-electron chi connectivity index (χ2n) is 4.88. The second-order valence-corrected chi connectivity index (χ2v) is 4.88. The van der Waals surface area contributed by atoms with Crippen LogP contribution < -0.4 is 5.43 Å². The van der Waals surface area contributed by atoms with Gasteiger partial charge in [0.05, 0.1) is 16.3 Å². The van der Waals surface area contributed by atoms with Crippen LogP contribution in [0.1, 0.15) is 17.3 Å². The summed E-state index contributed by atoms with van der Waals surface area (Å²) in [5.74, 6) is -0.256. The number of nitro benzene ring substituents is 1. The molecule has 2 aromatic carbocycles. The van der Waals surface area contributed by atoms with Gasteiger partial charge in [-0.1, -0.05) is 30.3 Å². The Labute approximate surface area is 138 Å². The van der Waals surface area contributed by atoms with E-state index in [1.165, 1.54) is 24.3 Å². The molecule has 0 bridgehead atoms. The molecule has 0 unspecified atom stereocenters. The Bertz CT molecular complexity index is 796. The molecule has 0 saturated heterocycles. The van der Waals surface area contributed by atoms with Gasteiger partial charge in [0, 0.05) is 24.7 Å². The molecule has 0 aliphatic rings. The van der Waals surface area contributed by atoms with Crippen molar-refractivity contribution in [2.75, 3.05) is 12.5 Å². The van der Waals surface area contributed by atoms with Crippen molar-refractivity contribution in [1.29, 1.82) is 0 Å². The molecule has 0 spiro atoms. The first-order valence-electron chi connectivity index (χ1n) is 7.14. The second kappa shape index (κ2) is 7.77. The van der Waals surface area contributed by atoms with Gasteiger partial charge >= 0.3 is 0 Å². The summed E-state index contributed by atoms with van der Waals surface area (Å²) in [6.45, 7) is 1.69. The van der Waals surface area contributed by atoms with E-state index in [9.17, 15) is 14.9 Å². The van der Waals surface area contributed by atoms with E-state index in [-0.39, 0.29) is 17.2 Å². The monoisotopic (exact) mass is 324 g/mol. The number of rotatable bonds is 6. The lowest BCUT2D eigenvalue weighted by molar-refractivity contribution is -0.384. The van der Waals surface area contributed by atoms with Crippen LogP contribution in [0.15, 0.2) is 64.7 Å². The maximum Gasteiger partial charge on any atom is 0.269 e. The number of Topliss-reactive ketones (excluding diaryl/α,β-unsaturated/α-hetero) is 1. The number of benzene rings is 2. The number of ketones is 1. The molecule has 0 aromatic heterocycles.